The Morgan fingerprint density at radius 3 is 2.83 bits per heavy atom. The number of hydrogen-bond acceptors (Lipinski definition) is 4. The molecule has 1 aromatic heterocycles. The molecule has 1 aliphatic heterocycles. The molecule has 1 aliphatic rings. The highest BCUT2D eigenvalue weighted by Gasteiger charge is 2.36. The second kappa shape index (κ2) is 8.19. The monoisotopic (exact) mass is 398 g/mol. The van der Waals surface area contributed by atoms with Gasteiger partial charge in [0.15, 0.2) is 11.6 Å². The molecular weight excluding hydrogens is 371 g/mol. The van der Waals surface area contributed by atoms with Crippen molar-refractivity contribution in [2.45, 2.75) is 45.6 Å². The molecule has 1 N–H and O–H groups in total. The molecule has 2 heterocycles. The number of amides is 1. The summed E-state index contributed by atoms with van der Waals surface area (Å²) in [4.78, 5) is 21.8. The zero-order chi connectivity index (χ0) is 21.2. The van der Waals surface area contributed by atoms with E-state index in [9.17, 15) is 9.18 Å². The highest BCUT2D eigenvalue weighted by molar-refractivity contribution is 5.92. The van der Waals surface area contributed by atoms with Crippen LogP contribution in [0.4, 0.5) is 4.39 Å². The molecule has 2 aromatic rings. The Balaban J connectivity index is 1.99. The number of benzene rings is 1. The second-order valence-electron chi connectivity index (χ2n) is 7.87. The summed E-state index contributed by atoms with van der Waals surface area (Å²) in [5.41, 5.74) is 1.85. The smallest absolute Gasteiger partial charge is 0.272 e. The highest BCUT2D eigenvalue weighted by Crippen LogP contribution is 2.38. The molecule has 29 heavy (non-hydrogen) atoms. The fourth-order valence-corrected chi connectivity index (χ4v) is 3.48. The van der Waals surface area contributed by atoms with Gasteiger partial charge in [-0.1, -0.05) is 26.0 Å². The lowest BCUT2D eigenvalue weighted by Crippen LogP contribution is -2.47. The number of nitrogens with zero attached hydrogens (tertiary/aromatic N) is 3. The quantitative estimate of drug-likeness (QED) is 0.850. The van der Waals surface area contributed by atoms with Gasteiger partial charge in [-0.25, -0.2) is 9.37 Å². The molecule has 7 heteroatoms. The molecule has 0 aliphatic carbocycles. The molecule has 0 bridgehead atoms. The average molecular weight is 398 g/mol. The Hall–Kier alpha value is -2.96. The van der Waals surface area contributed by atoms with Gasteiger partial charge >= 0.3 is 0 Å². The van der Waals surface area contributed by atoms with E-state index in [0.717, 1.165) is 11.4 Å². The molecule has 1 amide bonds. The predicted molar refractivity (Wildman–Crippen MR) is 109 cm³/mol. The van der Waals surface area contributed by atoms with Gasteiger partial charge in [0.1, 0.15) is 5.69 Å². The highest BCUT2D eigenvalue weighted by atomic mass is 19.1. The Bertz CT molecular complexity index is 985. The summed E-state index contributed by atoms with van der Waals surface area (Å²) < 4.78 is 21.5. The molecule has 0 radical (unpaired) electrons. The largest absolute Gasteiger partial charge is 0.490 e. The number of carbonyl (C=O) groups excluding carboxylic acids is 1. The van der Waals surface area contributed by atoms with E-state index in [-0.39, 0.29) is 23.3 Å². The lowest BCUT2D eigenvalue weighted by atomic mass is 9.86. The van der Waals surface area contributed by atoms with Crippen LogP contribution >= 0.6 is 0 Å². The lowest BCUT2D eigenvalue weighted by molar-refractivity contribution is 0.0865. The molecule has 3 rings (SSSR count). The number of aromatic nitrogens is 3. The van der Waals surface area contributed by atoms with Gasteiger partial charge in [-0.15, -0.1) is 0 Å². The number of halogens is 1. The third-order valence-electron chi connectivity index (χ3n) is 5.15. The molecule has 0 saturated heterocycles. The van der Waals surface area contributed by atoms with E-state index in [1.165, 1.54) is 12.3 Å². The summed E-state index contributed by atoms with van der Waals surface area (Å²) in [6.07, 6.45) is 3.60. The lowest BCUT2D eigenvalue weighted by Gasteiger charge is -2.36. The van der Waals surface area contributed by atoms with Crippen LogP contribution in [0.1, 0.15) is 60.5 Å². The van der Waals surface area contributed by atoms with Crippen molar-refractivity contribution in [1.82, 2.24) is 19.9 Å². The number of aryl methyl sites for hydroxylation is 2. The van der Waals surface area contributed by atoms with Gasteiger partial charge in [0, 0.05) is 30.4 Å². The molecule has 0 spiro atoms. The summed E-state index contributed by atoms with van der Waals surface area (Å²) in [6, 6.07) is 6.72. The van der Waals surface area contributed by atoms with Gasteiger partial charge in [-0.3, -0.25) is 9.78 Å². The molecule has 1 atom stereocenters. The second-order valence-corrected chi connectivity index (χ2v) is 7.87. The first-order valence-electron chi connectivity index (χ1n) is 9.69. The molecular formula is C22H27FN4O2. The van der Waals surface area contributed by atoms with Crippen LogP contribution in [0, 0.1) is 12.7 Å². The topological polar surface area (TPSA) is 69.0 Å². The van der Waals surface area contributed by atoms with Crippen molar-refractivity contribution in [3.63, 3.8) is 0 Å². The number of fused-ring (bicyclic) bond motifs is 1. The number of rotatable bonds is 3. The fourth-order valence-electron chi connectivity index (χ4n) is 3.48. The fraction of sp³-hybridized carbons (Fsp3) is 0.409. The van der Waals surface area contributed by atoms with Crippen LogP contribution in [0.2, 0.25) is 0 Å². The predicted octanol–water partition coefficient (Wildman–Crippen LogP) is 3.94. The van der Waals surface area contributed by atoms with Crippen LogP contribution in [-0.4, -0.2) is 27.0 Å². The Labute approximate surface area is 170 Å². The van der Waals surface area contributed by atoms with Crippen LogP contribution in [0.3, 0.4) is 0 Å². The van der Waals surface area contributed by atoms with E-state index < -0.39 is 11.4 Å². The minimum absolute atomic E-state index is 0.181. The minimum Gasteiger partial charge on any atom is -0.490 e. The van der Waals surface area contributed by atoms with Crippen LogP contribution < -0.4 is 10.1 Å². The van der Waals surface area contributed by atoms with Crippen molar-refractivity contribution in [1.29, 1.82) is 0 Å². The summed E-state index contributed by atoms with van der Waals surface area (Å²) in [6.45, 7) is 8.24. The van der Waals surface area contributed by atoms with Crippen molar-refractivity contribution in [2.75, 3.05) is 6.61 Å². The van der Waals surface area contributed by atoms with Crippen molar-refractivity contribution in [3.8, 4) is 5.75 Å². The van der Waals surface area contributed by atoms with Crippen molar-refractivity contribution >= 4 is 5.91 Å². The summed E-state index contributed by atoms with van der Waals surface area (Å²) in [5, 5.41) is 3.01. The number of hydrogen-bond donors (Lipinski definition) is 1. The zero-order valence-electron chi connectivity index (χ0n) is 17.5. The summed E-state index contributed by atoms with van der Waals surface area (Å²) in [5.74, 6) is -0.345. The van der Waals surface area contributed by atoms with Gasteiger partial charge in [-0.2, -0.15) is 0 Å². The summed E-state index contributed by atoms with van der Waals surface area (Å²) in [7, 11) is 1.89. The molecule has 154 valence electrons. The number of para-hydroxylation sites is 1. The van der Waals surface area contributed by atoms with Gasteiger partial charge in [0.2, 0.25) is 0 Å². The van der Waals surface area contributed by atoms with E-state index in [2.05, 4.69) is 29.1 Å². The number of ether oxygens (including phenoxy) is 1. The zero-order valence-corrected chi connectivity index (χ0v) is 17.5. The van der Waals surface area contributed by atoms with Gasteiger partial charge in [0.25, 0.3) is 5.91 Å². The van der Waals surface area contributed by atoms with Crippen LogP contribution in [0.5, 0.6) is 5.75 Å². The van der Waals surface area contributed by atoms with Gasteiger partial charge in [0.05, 0.1) is 24.7 Å². The van der Waals surface area contributed by atoms with Crippen molar-refractivity contribution in [3.05, 3.63) is 65.3 Å². The molecule has 6 nitrogen and oxygen atoms in total. The first kappa shape index (κ1) is 20.8. The Morgan fingerprint density at radius 1 is 1.34 bits per heavy atom. The van der Waals surface area contributed by atoms with Crippen LogP contribution in [0.25, 0.3) is 0 Å². The van der Waals surface area contributed by atoms with E-state index >= 15 is 0 Å². The number of carbonyl (C=O) groups is 1. The minimum atomic E-state index is -0.770. The Kier molecular flexibility index (Phi) is 5.86. The van der Waals surface area contributed by atoms with Crippen molar-refractivity contribution in [2.24, 2.45) is 7.05 Å². The maximum Gasteiger partial charge on any atom is 0.272 e. The normalized spacial score (nSPS) is 17.9. The molecule has 1 unspecified atom stereocenters. The Morgan fingerprint density at radius 2 is 2.10 bits per heavy atom. The average Bonchev–Trinajstić information content (AvgIpc) is 2.73. The first-order chi connectivity index (χ1) is 13.7. The summed E-state index contributed by atoms with van der Waals surface area (Å²) >= 11 is 0. The van der Waals surface area contributed by atoms with E-state index in [4.69, 9.17) is 4.74 Å². The van der Waals surface area contributed by atoms with Gasteiger partial charge in [-0.05, 0) is 31.9 Å². The maximum absolute atomic E-state index is 14.1. The number of nitrogens with one attached hydrogen (secondary N) is 1. The van der Waals surface area contributed by atoms with Crippen LogP contribution in [-0.2, 0) is 12.6 Å². The first-order valence-corrected chi connectivity index (χ1v) is 9.69. The van der Waals surface area contributed by atoms with E-state index in [1.807, 2.05) is 31.5 Å². The maximum atomic E-state index is 14.1. The van der Waals surface area contributed by atoms with Gasteiger partial charge < -0.3 is 14.6 Å². The van der Waals surface area contributed by atoms with Crippen molar-refractivity contribution < 1.29 is 13.9 Å². The third kappa shape index (κ3) is 4.39. The van der Waals surface area contributed by atoms with E-state index in [1.54, 1.807) is 18.5 Å². The molecule has 0 fully saturated rings. The van der Waals surface area contributed by atoms with E-state index in [0.29, 0.717) is 18.6 Å². The standard InChI is InChI=1S/C22H27FN4O2/c1-14(2)19-11-15(3)24-12-18(25-13-27(19)5)21(28)26-22(4)9-10-29-20-16(22)7-6-8-17(20)23/h6-8,11-14H,9-10H2,1-5H3,(H,26,28). The van der Waals surface area contributed by atoms with Crippen LogP contribution in [0.15, 0.2) is 36.8 Å². The SMILES string of the molecule is Cc1cc(C(C)C)n(C)cnc(C(=O)NC2(C)CCOc3c(F)cccc32)cn1. The third-order valence-corrected chi connectivity index (χ3v) is 5.15. The molecule has 0 saturated carbocycles. The molecule has 1 aromatic carbocycles.